The Kier molecular flexibility index (Phi) is 4.99. The van der Waals surface area contributed by atoms with Crippen LogP contribution in [0.2, 0.25) is 0 Å². The largest absolute Gasteiger partial charge is 0.481 e. The Labute approximate surface area is 115 Å². The number of rotatable bonds is 5. The van der Waals surface area contributed by atoms with Crippen molar-refractivity contribution in [2.45, 2.75) is 71.8 Å². The summed E-state index contributed by atoms with van der Waals surface area (Å²) in [5.41, 5.74) is -0.261. The highest BCUT2D eigenvalue weighted by Crippen LogP contribution is 2.45. The van der Waals surface area contributed by atoms with E-state index >= 15 is 0 Å². The first-order valence-corrected chi connectivity index (χ1v) is 7.12. The van der Waals surface area contributed by atoms with E-state index < -0.39 is 24.0 Å². The lowest BCUT2D eigenvalue weighted by molar-refractivity contribution is -0.170. The second kappa shape index (κ2) is 5.93. The van der Waals surface area contributed by atoms with Crippen LogP contribution in [0.4, 0.5) is 0 Å². The molecule has 0 aromatic rings. The molecule has 19 heavy (non-hydrogen) atoms. The van der Waals surface area contributed by atoms with Crippen molar-refractivity contribution < 1.29 is 19.4 Å². The Bertz CT molecular complexity index is 348. The summed E-state index contributed by atoms with van der Waals surface area (Å²) in [6.07, 6.45) is 4.59. The fraction of sp³-hybridized carbons (Fsp3) is 0.867. The smallest absolute Gasteiger partial charge is 0.317 e. The van der Waals surface area contributed by atoms with Crippen molar-refractivity contribution in [2.75, 3.05) is 0 Å². The zero-order valence-electron chi connectivity index (χ0n) is 12.5. The lowest BCUT2D eigenvalue weighted by Gasteiger charge is -2.44. The summed E-state index contributed by atoms with van der Waals surface area (Å²) < 4.78 is 5.51. The SMILES string of the molecule is CCC(C)(OC(=O)CC(=O)O)C1CCCC(C)(C)C1. The van der Waals surface area contributed by atoms with Gasteiger partial charge < -0.3 is 9.84 Å². The fourth-order valence-corrected chi connectivity index (χ4v) is 3.08. The number of carbonyl (C=O) groups is 2. The summed E-state index contributed by atoms with van der Waals surface area (Å²) in [6, 6.07) is 0. The second-order valence-corrected chi connectivity index (χ2v) is 6.67. The molecule has 0 amide bonds. The number of aliphatic carboxylic acids is 1. The Morgan fingerprint density at radius 2 is 2.05 bits per heavy atom. The second-order valence-electron chi connectivity index (χ2n) is 6.67. The zero-order valence-corrected chi connectivity index (χ0v) is 12.5. The lowest BCUT2D eigenvalue weighted by Crippen LogP contribution is -2.43. The number of esters is 1. The Balaban J connectivity index is 2.73. The maximum absolute atomic E-state index is 11.6. The highest BCUT2D eigenvalue weighted by Gasteiger charge is 2.41. The third-order valence-electron chi connectivity index (χ3n) is 4.41. The molecule has 0 spiro atoms. The maximum Gasteiger partial charge on any atom is 0.317 e. The summed E-state index contributed by atoms with van der Waals surface area (Å²) in [4.78, 5) is 22.2. The van der Waals surface area contributed by atoms with E-state index in [4.69, 9.17) is 9.84 Å². The molecule has 1 aliphatic rings. The molecule has 0 aliphatic heterocycles. The van der Waals surface area contributed by atoms with Gasteiger partial charge in [-0.25, -0.2) is 0 Å². The Hall–Kier alpha value is -1.06. The Morgan fingerprint density at radius 1 is 1.42 bits per heavy atom. The van der Waals surface area contributed by atoms with Crippen LogP contribution in [-0.4, -0.2) is 22.6 Å². The maximum atomic E-state index is 11.6. The third-order valence-corrected chi connectivity index (χ3v) is 4.41. The Morgan fingerprint density at radius 3 is 2.53 bits per heavy atom. The van der Waals surface area contributed by atoms with E-state index in [0.717, 1.165) is 25.7 Å². The van der Waals surface area contributed by atoms with Gasteiger partial charge in [-0.1, -0.05) is 27.2 Å². The van der Waals surface area contributed by atoms with Crippen molar-refractivity contribution in [3.8, 4) is 0 Å². The van der Waals surface area contributed by atoms with Crippen LogP contribution in [-0.2, 0) is 14.3 Å². The van der Waals surface area contributed by atoms with Gasteiger partial charge in [0.2, 0.25) is 0 Å². The van der Waals surface area contributed by atoms with Crippen LogP contribution in [0.3, 0.4) is 0 Å². The summed E-state index contributed by atoms with van der Waals surface area (Å²) in [5, 5.41) is 8.65. The van der Waals surface area contributed by atoms with Crippen molar-refractivity contribution in [2.24, 2.45) is 11.3 Å². The van der Waals surface area contributed by atoms with Gasteiger partial charge in [-0.05, 0) is 43.9 Å². The molecule has 2 unspecified atom stereocenters. The highest BCUT2D eigenvalue weighted by atomic mass is 16.6. The summed E-state index contributed by atoms with van der Waals surface area (Å²) in [6.45, 7) is 8.43. The zero-order chi connectivity index (χ0) is 14.7. The van der Waals surface area contributed by atoms with Crippen LogP contribution in [0.5, 0.6) is 0 Å². The molecule has 0 aromatic carbocycles. The van der Waals surface area contributed by atoms with E-state index in [-0.39, 0.29) is 5.41 Å². The predicted octanol–water partition coefficient (Wildman–Crippen LogP) is 3.39. The van der Waals surface area contributed by atoms with Gasteiger partial charge in [-0.3, -0.25) is 9.59 Å². The molecule has 0 aromatic heterocycles. The first kappa shape index (κ1) is 16.0. The molecule has 0 heterocycles. The molecule has 0 bridgehead atoms. The standard InChI is InChI=1S/C15H26O4/c1-5-15(4,19-13(18)9-12(16)17)11-7-6-8-14(2,3)10-11/h11H,5-10H2,1-4H3,(H,16,17). The summed E-state index contributed by atoms with van der Waals surface area (Å²) in [5.74, 6) is -1.44. The van der Waals surface area contributed by atoms with Crippen molar-refractivity contribution in [3.05, 3.63) is 0 Å². The summed E-state index contributed by atoms with van der Waals surface area (Å²) >= 11 is 0. The molecule has 1 aliphatic carbocycles. The molecular weight excluding hydrogens is 244 g/mol. The van der Waals surface area contributed by atoms with E-state index in [2.05, 4.69) is 13.8 Å². The van der Waals surface area contributed by atoms with Gasteiger partial charge in [0.05, 0.1) is 0 Å². The van der Waals surface area contributed by atoms with Crippen molar-refractivity contribution in [3.63, 3.8) is 0 Å². The predicted molar refractivity (Wildman–Crippen MR) is 72.8 cm³/mol. The van der Waals surface area contributed by atoms with Crippen molar-refractivity contribution in [1.29, 1.82) is 0 Å². The van der Waals surface area contributed by atoms with Gasteiger partial charge in [-0.15, -0.1) is 0 Å². The summed E-state index contributed by atoms with van der Waals surface area (Å²) in [7, 11) is 0. The van der Waals surface area contributed by atoms with Crippen LogP contribution < -0.4 is 0 Å². The van der Waals surface area contributed by atoms with E-state index in [1.54, 1.807) is 0 Å². The molecule has 110 valence electrons. The molecule has 0 saturated heterocycles. The van der Waals surface area contributed by atoms with Gasteiger partial charge in [0, 0.05) is 0 Å². The molecular formula is C15H26O4. The van der Waals surface area contributed by atoms with Gasteiger partial charge in [-0.2, -0.15) is 0 Å². The molecule has 1 rings (SSSR count). The van der Waals surface area contributed by atoms with Crippen molar-refractivity contribution in [1.82, 2.24) is 0 Å². The monoisotopic (exact) mass is 270 g/mol. The molecule has 4 nitrogen and oxygen atoms in total. The number of ether oxygens (including phenoxy) is 1. The number of carboxylic acids is 1. The van der Waals surface area contributed by atoms with Gasteiger partial charge >= 0.3 is 11.9 Å². The van der Waals surface area contributed by atoms with Crippen LogP contribution in [0, 0.1) is 11.3 Å². The van der Waals surface area contributed by atoms with Crippen LogP contribution in [0.25, 0.3) is 0 Å². The van der Waals surface area contributed by atoms with Crippen LogP contribution in [0.15, 0.2) is 0 Å². The normalized spacial score (nSPS) is 25.4. The third kappa shape index (κ3) is 4.51. The molecule has 0 radical (unpaired) electrons. The van der Waals surface area contributed by atoms with E-state index in [1.807, 2.05) is 13.8 Å². The lowest BCUT2D eigenvalue weighted by atomic mass is 9.66. The van der Waals surface area contributed by atoms with Gasteiger partial charge in [0.15, 0.2) is 0 Å². The van der Waals surface area contributed by atoms with Gasteiger partial charge in [0.1, 0.15) is 12.0 Å². The average Bonchev–Trinajstić information content (AvgIpc) is 2.26. The minimum absolute atomic E-state index is 0.276. The molecule has 1 saturated carbocycles. The molecule has 2 atom stereocenters. The number of hydrogen-bond acceptors (Lipinski definition) is 3. The van der Waals surface area contributed by atoms with E-state index in [9.17, 15) is 9.59 Å². The quantitative estimate of drug-likeness (QED) is 0.614. The van der Waals surface area contributed by atoms with Gasteiger partial charge in [0.25, 0.3) is 0 Å². The first-order chi connectivity index (χ1) is 8.68. The number of hydrogen-bond donors (Lipinski definition) is 1. The van der Waals surface area contributed by atoms with Crippen LogP contribution >= 0.6 is 0 Å². The number of carboxylic acid groups (broad SMARTS) is 1. The minimum Gasteiger partial charge on any atom is -0.481 e. The highest BCUT2D eigenvalue weighted by molar-refractivity contribution is 5.90. The first-order valence-electron chi connectivity index (χ1n) is 7.12. The average molecular weight is 270 g/mol. The molecule has 1 fully saturated rings. The van der Waals surface area contributed by atoms with E-state index in [1.165, 1.54) is 6.42 Å². The van der Waals surface area contributed by atoms with Crippen LogP contribution in [0.1, 0.15) is 66.2 Å². The van der Waals surface area contributed by atoms with E-state index in [0.29, 0.717) is 5.92 Å². The minimum atomic E-state index is -1.13. The number of carbonyl (C=O) groups excluding carboxylic acids is 1. The molecule has 4 heteroatoms. The fourth-order valence-electron chi connectivity index (χ4n) is 3.08. The van der Waals surface area contributed by atoms with Crippen molar-refractivity contribution >= 4 is 11.9 Å². The topological polar surface area (TPSA) is 63.6 Å². The molecule has 1 N–H and O–H groups in total.